The standard InChI is InChI=1S/C30H30N4O5/c1-6-14-39-27-13-12-21(16-26(27)34(36)37)18-31-33-29(32-25-11-9-8-10-22(25)30(33)35)24-17-23(19(3)4)28(38-7-2)15-20(24)5/h6,8-13,15-19H,1,7,14H2,2-5H3. The quantitative estimate of drug-likeness (QED) is 0.105. The van der Waals surface area contributed by atoms with Crippen molar-refractivity contribution in [3.05, 3.63) is 104 Å². The summed E-state index contributed by atoms with van der Waals surface area (Å²) in [5.74, 6) is 1.43. The van der Waals surface area contributed by atoms with E-state index in [1.54, 1.807) is 24.3 Å². The van der Waals surface area contributed by atoms with Crippen molar-refractivity contribution in [3.8, 4) is 22.9 Å². The van der Waals surface area contributed by atoms with Gasteiger partial charge in [-0.25, -0.2) is 4.98 Å². The minimum Gasteiger partial charge on any atom is -0.494 e. The summed E-state index contributed by atoms with van der Waals surface area (Å²) < 4.78 is 12.5. The zero-order valence-electron chi connectivity index (χ0n) is 22.4. The molecule has 39 heavy (non-hydrogen) atoms. The van der Waals surface area contributed by atoms with Crippen molar-refractivity contribution >= 4 is 22.8 Å². The second kappa shape index (κ2) is 11.7. The molecule has 0 atom stereocenters. The van der Waals surface area contributed by atoms with Gasteiger partial charge in [-0.05, 0) is 67.3 Å². The number of benzene rings is 3. The minimum absolute atomic E-state index is 0.119. The van der Waals surface area contributed by atoms with E-state index in [1.165, 1.54) is 29.1 Å². The number of rotatable bonds is 10. The molecule has 9 nitrogen and oxygen atoms in total. The van der Waals surface area contributed by atoms with E-state index < -0.39 is 4.92 Å². The van der Waals surface area contributed by atoms with E-state index in [2.05, 4.69) is 25.5 Å². The predicted molar refractivity (Wildman–Crippen MR) is 153 cm³/mol. The number of aromatic nitrogens is 2. The highest BCUT2D eigenvalue weighted by Gasteiger charge is 2.19. The monoisotopic (exact) mass is 526 g/mol. The van der Waals surface area contributed by atoms with E-state index in [4.69, 9.17) is 14.5 Å². The van der Waals surface area contributed by atoms with Crippen LogP contribution >= 0.6 is 0 Å². The van der Waals surface area contributed by atoms with Gasteiger partial charge in [-0.3, -0.25) is 14.9 Å². The fourth-order valence-electron chi connectivity index (χ4n) is 4.23. The van der Waals surface area contributed by atoms with Gasteiger partial charge in [-0.2, -0.15) is 9.78 Å². The number of hydrogen-bond acceptors (Lipinski definition) is 7. The first-order valence-electron chi connectivity index (χ1n) is 12.6. The van der Waals surface area contributed by atoms with Crippen molar-refractivity contribution in [2.24, 2.45) is 5.10 Å². The van der Waals surface area contributed by atoms with Gasteiger partial charge in [0, 0.05) is 17.2 Å². The molecule has 0 amide bonds. The molecule has 0 aliphatic rings. The van der Waals surface area contributed by atoms with Crippen LogP contribution in [0, 0.1) is 17.0 Å². The largest absolute Gasteiger partial charge is 0.494 e. The number of hydrogen-bond donors (Lipinski definition) is 0. The third-order valence-electron chi connectivity index (χ3n) is 6.13. The molecule has 0 saturated carbocycles. The van der Waals surface area contributed by atoms with Crippen LogP contribution in [0.1, 0.15) is 43.4 Å². The minimum atomic E-state index is -0.526. The molecule has 0 spiro atoms. The maximum Gasteiger partial charge on any atom is 0.311 e. The Labute approximate surface area is 226 Å². The number of nitrogens with zero attached hydrogens (tertiary/aromatic N) is 4. The summed E-state index contributed by atoms with van der Waals surface area (Å²) in [6.45, 7) is 12.3. The Morgan fingerprint density at radius 2 is 1.90 bits per heavy atom. The lowest BCUT2D eigenvalue weighted by atomic mass is 9.96. The van der Waals surface area contributed by atoms with Crippen molar-refractivity contribution < 1.29 is 14.4 Å². The summed E-state index contributed by atoms with van der Waals surface area (Å²) in [5, 5.41) is 16.5. The smallest absolute Gasteiger partial charge is 0.311 e. The summed E-state index contributed by atoms with van der Waals surface area (Å²) in [6.07, 6.45) is 2.91. The molecule has 0 saturated heterocycles. The number of nitro benzene ring substituents is 1. The first-order valence-corrected chi connectivity index (χ1v) is 12.6. The Kier molecular flexibility index (Phi) is 8.19. The normalized spacial score (nSPS) is 11.3. The molecule has 0 radical (unpaired) electrons. The molecule has 9 heteroatoms. The van der Waals surface area contributed by atoms with E-state index in [9.17, 15) is 14.9 Å². The number of aryl methyl sites for hydroxylation is 1. The molecular weight excluding hydrogens is 496 g/mol. The van der Waals surface area contributed by atoms with E-state index in [0.29, 0.717) is 28.9 Å². The molecule has 4 aromatic rings. The molecule has 4 rings (SSSR count). The average molecular weight is 527 g/mol. The first-order chi connectivity index (χ1) is 18.7. The van der Waals surface area contributed by atoms with Crippen LogP contribution in [-0.2, 0) is 0 Å². The van der Waals surface area contributed by atoms with Crippen LogP contribution in [0.2, 0.25) is 0 Å². The van der Waals surface area contributed by atoms with Gasteiger partial charge in [0.2, 0.25) is 0 Å². The zero-order chi connectivity index (χ0) is 28.1. The lowest BCUT2D eigenvalue weighted by Gasteiger charge is -2.18. The second-order valence-electron chi connectivity index (χ2n) is 9.19. The lowest BCUT2D eigenvalue weighted by Crippen LogP contribution is -2.21. The molecule has 0 fully saturated rings. The van der Waals surface area contributed by atoms with Gasteiger partial charge in [-0.1, -0.05) is 38.6 Å². The molecule has 200 valence electrons. The molecular formula is C30H30N4O5. The number of para-hydroxylation sites is 1. The molecule has 0 aliphatic heterocycles. The highest BCUT2D eigenvalue weighted by atomic mass is 16.6. The van der Waals surface area contributed by atoms with Crippen molar-refractivity contribution in [2.75, 3.05) is 13.2 Å². The molecule has 1 aromatic heterocycles. The van der Waals surface area contributed by atoms with Gasteiger partial charge < -0.3 is 9.47 Å². The van der Waals surface area contributed by atoms with Crippen LogP contribution in [0.3, 0.4) is 0 Å². The first kappa shape index (κ1) is 27.3. The van der Waals surface area contributed by atoms with Crippen LogP contribution in [-0.4, -0.2) is 34.0 Å². The Hall–Kier alpha value is -4.79. The van der Waals surface area contributed by atoms with Crippen LogP contribution in [0.4, 0.5) is 5.69 Å². The molecule has 0 bridgehead atoms. The lowest BCUT2D eigenvalue weighted by molar-refractivity contribution is -0.385. The maximum absolute atomic E-state index is 13.6. The van der Waals surface area contributed by atoms with Gasteiger partial charge in [0.25, 0.3) is 5.56 Å². The van der Waals surface area contributed by atoms with Gasteiger partial charge in [-0.15, -0.1) is 0 Å². The van der Waals surface area contributed by atoms with Gasteiger partial charge >= 0.3 is 5.69 Å². The predicted octanol–water partition coefficient (Wildman–Crippen LogP) is 6.25. The van der Waals surface area contributed by atoms with Gasteiger partial charge in [0.05, 0.1) is 28.6 Å². The highest BCUT2D eigenvalue weighted by Crippen LogP contribution is 2.34. The van der Waals surface area contributed by atoms with E-state index in [0.717, 1.165) is 22.4 Å². The SMILES string of the molecule is C=CCOc1ccc(C=Nn2c(-c3cc(C(C)C)c(OCC)cc3C)nc3ccccc3c2=O)cc1[N+](=O)[O-]. The van der Waals surface area contributed by atoms with E-state index in [-0.39, 0.29) is 29.5 Å². The Bertz CT molecular complexity index is 1640. The maximum atomic E-state index is 13.6. The number of fused-ring (bicyclic) bond motifs is 1. The zero-order valence-corrected chi connectivity index (χ0v) is 22.4. The Balaban J connectivity index is 1.91. The van der Waals surface area contributed by atoms with Gasteiger partial charge in [0.1, 0.15) is 12.4 Å². The summed E-state index contributed by atoms with van der Waals surface area (Å²) in [4.78, 5) is 29.6. The number of ether oxygens (including phenoxy) is 2. The topological polar surface area (TPSA) is 109 Å². The van der Waals surface area contributed by atoms with Crippen LogP contribution in [0.5, 0.6) is 11.5 Å². The molecule has 0 N–H and O–H groups in total. The Morgan fingerprint density at radius 1 is 1.13 bits per heavy atom. The average Bonchev–Trinajstić information content (AvgIpc) is 2.91. The second-order valence-corrected chi connectivity index (χ2v) is 9.19. The van der Waals surface area contributed by atoms with Crippen LogP contribution in [0.25, 0.3) is 22.3 Å². The Morgan fingerprint density at radius 3 is 2.59 bits per heavy atom. The van der Waals surface area contributed by atoms with Crippen molar-refractivity contribution in [1.29, 1.82) is 0 Å². The number of nitro groups is 1. The molecule has 0 aliphatic carbocycles. The van der Waals surface area contributed by atoms with E-state index >= 15 is 0 Å². The van der Waals surface area contributed by atoms with Crippen molar-refractivity contribution in [1.82, 2.24) is 9.66 Å². The third-order valence-corrected chi connectivity index (χ3v) is 6.13. The van der Waals surface area contributed by atoms with Crippen LogP contribution < -0.4 is 15.0 Å². The van der Waals surface area contributed by atoms with Crippen molar-refractivity contribution in [3.63, 3.8) is 0 Å². The summed E-state index contributed by atoms with van der Waals surface area (Å²) in [7, 11) is 0. The summed E-state index contributed by atoms with van der Waals surface area (Å²) >= 11 is 0. The fourth-order valence-corrected chi connectivity index (χ4v) is 4.23. The van der Waals surface area contributed by atoms with Crippen molar-refractivity contribution in [2.45, 2.75) is 33.6 Å². The molecule has 3 aromatic carbocycles. The van der Waals surface area contributed by atoms with E-state index in [1.807, 2.05) is 32.0 Å². The summed E-state index contributed by atoms with van der Waals surface area (Å²) in [6, 6.07) is 15.5. The van der Waals surface area contributed by atoms with Gasteiger partial charge in [0.15, 0.2) is 11.6 Å². The van der Waals surface area contributed by atoms with Crippen LogP contribution in [0.15, 0.2) is 77.1 Å². The molecule has 1 heterocycles. The highest BCUT2D eigenvalue weighted by molar-refractivity contribution is 5.83. The molecule has 0 unspecified atom stereocenters. The third kappa shape index (κ3) is 5.72. The fraction of sp³-hybridized carbons (Fsp3) is 0.233. The summed E-state index contributed by atoms with van der Waals surface area (Å²) in [5.41, 5.74) is 2.99.